The van der Waals surface area contributed by atoms with Crippen LogP contribution in [-0.2, 0) is 0 Å². The summed E-state index contributed by atoms with van der Waals surface area (Å²) in [5, 5.41) is 0. The molecule has 0 amide bonds. The first-order valence-corrected chi connectivity index (χ1v) is 3.24. The van der Waals surface area contributed by atoms with E-state index in [0.717, 1.165) is 12.8 Å². The number of halogens is 1. The van der Waals surface area contributed by atoms with E-state index in [2.05, 4.69) is 6.92 Å². The molecule has 0 aromatic heterocycles. The van der Waals surface area contributed by atoms with Gasteiger partial charge in [-0.2, -0.15) is 0 Å². The molecule has 0 spiro atoms. The van der Waals surface area contributed by atoms with Crippen molar-refractivity contribution in [3.05, 3.63) is 6.92 Å². The van der Waals surface area contributed by atoms with Crippen LogP contribution in [0.3, 0.4) is 0 Å². The predicted molar refractivity (Wildman–Crippen MR) is 34.4 cm³/mol. The van der Waals surface area contributed by atoms with Crippen LogP contribution in [0.2, 0.25) is 0 Å². The summed E-state index contributed by atoms with van der Waals surface area (Å²) >= 11 is 0. The summed E-state index contributed by atoms with van der Waals surface area (Å²) in [7, 11) is 0. The van der Waals surface area contributed by atoms with Crippen LogP contribution < -0.4 is 0 Å². The van der Waals surface area contributed by atoms with Crippen LogP contribution in [0.15, 0.2) is 0 Å². The van der Waals surface area contributed by atoms with Crippen molar-refractivity contribution < 1.29 is 4.39 Å². The summed E-state index contributed by atoms with van der Waals surface area (Å²) in [6.45, 7) is 5.49. The Kier molecular flexibility index (Phi) is 5.03. The average Bonchev–Trinajstić information content (AvgIpc) is 1.83. The first kappa shape index (κ1) is 7.93. The highest BCUT2D eigenvalue weighted by atomic mass is 19.1. The maximum atomic E-state index is 12.3. The molecule has 0 nitrogen and oxygen atoms in total. The quantitative estimate of drug-likeness (QED) is 0.531. The van der Waals surface area contributed by atoms with Crippen molar-refractivity contribution in [2.45, 2.75) is 38.8 Å². The maximum absolute atomic E-state index is 12.3. The summed E-state index contributed by atoms with van der Waals surface area (Å²) in [6, 6.07) is 0. The predicted octanol–water partition coefficient (Wildman–Crippen LogP) is 2.74. The molecule has 0 rings (SSSR count). The third-order valence-corrected chi connectivity index (χ3v) is 1.21. The highest BCUT2D eigenvalue weighted by Crippen LogP contribution is 2.06. The van der Waals surface area contributed by atoms with Crippen molar-refractivity contribution >= 4 is 0 Å². The fraction of sp³-hybridized carbons (Fsp3) is 0.857. The van der Waals surface area contributed by atoms with E-state index in [1.807, 2.05) is 6.92 Å². The second-order valence-electron chi connectivity index (χ2n) is 2.00. The van der Waals surface area contributed by atoms with Gasteiger partial charge in [0.05, 0.1) is 6.17 Å². The lowest BCUT2D eigenvalue weighted by molar-refractivity contribution is 0.300. The summed E-state index contributed by atoms with van der Waals surface area (Å²) in [4.78, 5) is 0. The smallest absolute Gasteiger partial charge is 0.0999 e. The summed E-state index contributed by atoms with van der Waals surface area (Å²) in [5.74, 6) is 0. The standard InChI is InChI=1S/C7H14F/c1-3-5-6-7(8)4-2/h7H,1,3-6H2,2H3. The van der Waals surface area contributed by atoms with Crippen molar-refractivity contribution in [1.82, 2.24) is 0 Å². The fourth-order valence-corrected chi connectivity index (χ4v) is 0.570. The molecule has 0 aliphatic heterocycles. The maximum Gasteiger partial charge on any atom is 0.0999 e. The molecule has 0 saturated carbocycles. The van der Waals surface area contributed by atoms with Crippen LogP contribution in [0.1, 0.15) is 32.6 Å². The topological polar surface area (TPSA) is 0 Å². The van der Waals surface area contributed by atoms with Crippen LogP contribution in [0.5, 0.6) is 0 Å². The third-order valence-electron chi connectivity index (χ3n) is 1.21. The molecule has 1 heteroatoms. The lowest BCUT2D eigenvalue weighted by atomic mass is 10.1. The monoisotopic (exact) mass is 117 g/mol. The van der Waals surface area contributed by atoms with Gasteiger partial charge >= 0.3 is 0 Å². The molecular formula is C7H14F. The molecule has 0 saturated heterocycles. The van der Waals surface area contributed by atoms with E-state index in [4.69, 9.17) is 0 Å². The zero-order valence-corrected chi connectivity index (χ0v) is 5.49. The number of unbranched alkanes of at least 4 members (excludes halogenated alkanes) is 1. The van der Waals surface area contributed by atoms with Gasteiger partial charge in [-0.1, -0.05) is 26.7 Å². The van der Waals surface area contributed by atoms with Gasteiger partial charge in [0.1, 0.15) is 0 Å². The summed E-state index contributed by atoms with van der Waals surface area (Å²) in [5.41, 5.74) is 0. The van der Waals surface area contributed by atoms with E-state index in [-0.39, 0.29) is 0 Å². The van der Waals surface area contributed by atoms with Crippen molar-refractivity contribution in [1.29, 1.82) is 0 Å². The van der Waals surface area contributed by atoms with Crippen molar-refractivity contribution in [2.24, 2.45) is 0 Å². The van der Waals surface area contributed by atoms with Crippen LogP contribution in [0.4, 0.5) is 4.39 Å². The van der Waals surface area contributed by atoms with Crippen molar-refractivity contribution in [3.63, 3.8) is 0 Å². The molecule has 0 aromatic rings. The molecule has 0 N–H and O–H groups in total. The molecule has 49 valence electrons. The normalized spacial score (nSPS) is 13.9. The zero-order valence-electron chi connectivity index (χ0n) is 5.49. The molecular weight excluding hydrogens is 103 g/mol. The lowest BCUT2D eigenvalue weighted by Gasteiger charge is -2.00. The Morgan fingerprint density at radius 3 is 2.62 bits per heavy atom. The second-order valence-corrected chi connectivity index (χ2v) is 2.00. The number of alkyl halides is 1. The molecule has 0 heterocycles. The van der Waals surface area contributed by atoms with Gasteiger partial charge in [-0.15, -0.1) is 0 Å². The van der Waals surface area contributed by atoms with Crippen LogP contribution in [0, 0.1) is 6.92 Å². The largest absolute Gasteiger partial charge is 0.248 e. The molecule has 1 unspecified atom stereocenters. The zero-order chi connectivity index (χ0) is 6.41. The molecule has 0 aliphatic rings. The van der Waals surface area contributed by atoms with Crippen molar-refractivity contribution in [2.75, 3.05) is 0 Å². The van der Waals surface area contributed by atoms with E-state index in [9.17, 15) is 4.39 Å². The number of rotatable bonds is 4. The third kappa shape index (κ3) is 4.10. The van der Waals surface area contributed by atoms with E-state index in [1.54, 1.807) is 0 Å². The molecule has 0 aromatic carbocycles. The number of hydrogen-bond acceptors (Lipinski definition) is 0. The van der Waals surface area contributed by atoms with Gasteiger partial charge in [-0.25, -0.2) is 4.39 Å². The Balaban J connectivity index is 2.86. The fourth-order valence-electron chi connectivity index (χ4n) is 0.570. The first-order chi connectivity index (χ1) is 3.81. The second kappa shape index (κ2) is 5.07. The SMILES string of the molecule is [CH2]CCCC(F)CC. The summed E-state index contributed by atoms with van der Waals surface area (Å²) in [6.07, 6.45) is 2.55. The van der Waals surface area contributed by atoms with Gasteiger partial charge < -0.3 is 0 Å². The minimum atomic E-state index is -0.586. The van der Waals surface area contributed by atoms with E-state index < -0.39 is 6.17 Å². The Hall–Kier alpha value is -0.0700. The highest BCUT2D eigenvalue weighted by Gasteiger charge is 1.99. The molecule has 1 atom stereocenters. The molecule has 0 fully saturated rings. The minimum Gasteiger partial charge on any atom is -0.248 e. The summed E-state index contributed by atoms with van der Waals surface area (Å²) < 4.78 is 12.3. The van der Waals surface area contributed by atoms with E-state index in [1.165, 1.54) is 0 Å². The van der Waals surface area contributed by atoms with Crippen LogP contribution in [0.25, 0.3) is 0 Å². The van der Waals surface area contributed by atoms with E-state index in [0.29, 0.717) is 12.8 Å². The Bertz CT molecular complexity index is 43.7. The van der Waals surface area contributed by atoms with Gasteiger partial charge in [0.25, 0.3) is 0 Å². The number of hydrogen-bond donors (Lipinski definition) is 0. The van der Waals surface area contributed by atoms with Gasteiger partial charge in [-0.3, -0.25) is 0 Å². The van der Waals surface area contributed by atoms with Gasteiger partial charge in [0.15, 0.2) is 0 Å². The van der Waals surface area contributed by atoms with Crippen LogP contribution in [-0.4, -0.2) is 6.17 Å². The molecule has 0 aliphatic carbocycles. The van der Waals surface area contributed by atoms with Crippen molar-refractivity contribution in [3.8, 4) is 0 Å². The Morgan fingerprint density at radius 1 is 1.62 bits per heavy atom. The molecule has 8 heavy (non-hydrogen) atoms. The van der Waals surface area contributed by atoms with Gasteiger partial charge in [-0.05, 0) is 12.8 Å². The van der Waals surface area contributed by atoms with Gasteiger partial charge in [0, 0.05) is 0 Å². The molecule has 1 radical (unpaired) electrons. The Labute approximate surface area is 51.1 Å². The lowest BCUT2D eigenvalue weighted by Crippen LogP contribution is -1.95. The Morgan fingerprint density at radius 2 is 2.25 bits per heavy atom. The van der Waals surface area contributed by atoms with Crippen LogP contribution >= 0.6 is 0 Å². The minimum absolute atomic E-state index is 0.586. The molecule has 0 bridgehead atoms. The van der Waals surface area contributed by atoms with Gasteiger partial charge in [0.2, 0.25) is 0 Å². The average molecular weight is 117 g/mol. The van der Waals surface area contributed by atoms with E-state index >= 15 is 0 Å². The highest BCUT2D eigenvalue weighted by molar-refractivity contribution is 4.52. The first-order valence-electron chi connectivity index (χ1n) is 3.24.